The molecule has 0 atom stereocenters. The van der Waals surface area contributed by atoms with Crippen LogP contribution >= 0.6 is 0 Å². The van der Waals surface area contributed by atoms with Gasteiger partial charge < -0.3 is 10.6 Å². The van der Waals surface area contributed by atoms with E-state index >= 15 is 0 Å². The largest absolute Gasteiger partial charge is 0.368 e. The summed E-state index contributed by atoms with van der Waals surface area (Å²) in [5.74, 6) is 0.961. The lowest BCUT2D eigenvalue weighted by molar-refractivity contribution is -0.384. The molecule has 2 aromatic rings. The molecule has 7 heteroatoms. The van der Waals surface area contributed by atoms with Gasteiger partial charge >= 0.3 is 0 Å². The van der Waals surface area contributed by atoms with Crippen LogP contribution in [0.1, 0.15) is 12.8 Å². The monoisotopic (exact) mass is 285 g/mol. The summed E-state index contributed by atoms with van der Waals surface area (Å²) in [5.41, 5.74) is 7.08. The van der Waals surface area contributed by atoms with Crippen molar-refractivity contribution in [3.8, 4) is 11.3 Å². The molecule has 7 nitrogen and oxygen atoms in total. The maximum Gasteiger partial charge on any atom is 0.270 e. The Bertz CT molecular complexity index is 683. The Hall–Kier alpha value is -2.70. The van der Waals surface area contributed by atoms with Crippen molar-refractivity contribution in [2.24, 2.45) is 0 Å². The molecule has 108 valence electrons. The zero-order valence-electron chi connectivity index (χ0n) is 11.4. The zero-order chi connectivity index (χ0) is 14.8. The first kappa shape index (κ1) is 13.3. The number of aromatic nitrogens is 2. The van der Waals surface area contributed by atoms with E-state index in [9.17, 15) is 10.1 Å². The molecule has 1 aliphatic heterocycles. The fourth-order valence-electron chi connectivity index (χ4n) is 2.49. The first-order chi connectivity index (χ1) is 10.1. The van der Waals surface area contributed by atoms with Crippen LogP contribution in [0.4, 0.5) is 17.5 Å². The second-order valence-corrected chi connectivity index (χ2v) is 4.97. The highest BCUT2D eigenvalue weighted by Crippen LogP contribution is 2.27. The minimum atomic E-state index is -0.421. The molecule has 1 saturated heterocycles. The van der Waals surface area contributed by atoms with E-state index in [-0.39, 0.29) is 11.6 Å². The highest BCUT2D eigenvalue weighted by Gasteiger charge is 2.16. The standard InChI is InChI=1S/C14H15N5O2/c15-14-16-12(9-13(17-14)18-6-1-2-7-18)10-4-3-5-11(8-10)19(20)21/h3-5,8-9H,1-2,6-7H2,(H2,15,16,17). The number of non-ortho nitro benzene ring substituents is 1. The average Bonchev–Trinajstić information content (AvgIpc) is 3.01. The molecule has 1 aliphatic rings. The van der Waals surface area contributed by atoms with E-state index in [1.807, 2.05) is 6.07 Å². The third-order valence-electron chi connectivity index (χ3n) is 3.51. The molecular weight excluding hydrogens is 270 g/mol. The van der Waals surface area contributed by atoms with Crippen molar-refractivity contribution >= 4 is 17.5 Å². The Morgan fingerprint density at radius 1 is 1.19 bits per heavy atom. The third kappa shape index (κ3) is 2.76. The molecule has 0 bridgehead atoms. The number of nitrogens with two attached hydrogens (primary N) is 1. The maximum absolute atomic E-state index is 10.9. The molecular formula is C14H15N5O2. The number of anilines is 2. The Labute approximate surface area is 121 Å². The highest BCUT2D eigenvalue weighted by molar-refractivity contribution is 5.66. The predicted octanol–water partition coefficient (Wildman–Crippen LogP) is 2.23. The molecule has 21 heavy (non-hydrogen) atoms. The van der Waals surface area contributed by atoms with Crippen molar-refractivity contribution in [1.29, 1.82) is 0 Å². The summed E-state index contributed by atoms with van der Waals surface area (Å²) in [7, 11) is 0. The first-order valence-electron chi connectivity index (χ1n) is 6.78. The SMILES string of the molecule is Nc1nc(-c2cccc([N+](=O)[O-])c2)cc(N2CCCC2)n1. The Balaban J connectivity index is 2.01. The van der Waals surface area contributed by atoms with E-state index in [4.69, 9.17) is 5.73 Å². The molecule has 0 radical (unpaired) electrons. The Morgan fingerprint density at radius 2 is 1.95 bits per heavy atom. The van der Waals surface area contributed by atoms with Crippen LogP contribution in [0.15, 0.2) is 30.3 Å². The number of nitrogen functional groups attached to an aromatic ring is 1. The molecule has 0 saturated carbocycles. The van der Waals surface area contributed by atoms with Gasteiger partial charge in [-0.05, 0) is 12.8 Å². The third-order valence-corrected chi connectivity index (χ3v) is 3.51. The van der Waals surface area contributed by atoms with Gasteiger partial charge in [0.1, 0.15) is 5.82 Å². The summed E-state index contributed by atoms with van der Waals surface area (Å²) in [4.78, 5) is 21.0. The summed E-state index contributed by atoms with van der Waals surface area (Å²) in [5, 5.41) is 10.9. The summed E-state index contributed by atoms with van der Waals surface area (Å²) >= 11 is 0. The van der Waals surface area contributed by atoms with Gasteiger partial charge in [-0.1, -0.05) is 12.1 Å². The van der Waals surface area contributed by atoms with Gasteiger partial charge in [-0.2, -0.15) is 4.98 Å². The summed E-state index contributed by atoms with van der Waals surface area (Å²) in [6.07, 6.45) is 2.27. The van der Waals surface area contributed by atoms with Crippen LogP contribution in [0.2, 0.25) is 0 Å². The van der Waals surface area contributed by atoms with Crippen LogP contribution in [0.3, 0.4) is 0 Å². The molecule has 3 rings (SSSR count). The molecule has 2 heterocycles. The minimum absolute atomic E-state index is 0.0346. The molecule has 2 N–H and O–H groups in total. The fourth-order valence-corrected chi connectivity index (χ4v) is 2.49. The number of nitro groups is 1. The van der Waals surface area contributed by atoms with Gasteiger partial charge in [0.25, 0.3) is 5.69 Å². The molecule has 0 aliphatic carbocycles. The molecule has 0 unspecified atom stereocenters. The van der Waals surface area contributed by atoms with Crippen LogP contribution in [-0.2, 0) is 0 Å². The predicted molar refractivity (Wildman–Crippen MR) is 80.0 cm³/mol. The maximum atomic E-state index is 10.9. The lowest BCUT2D eigenvalue weighted by Crippen LogP contribution is -2.19. The van der Waals surface area contributed by atoms with Crippen molar-refractivity contribution < 1.29 is 4.92 Å². The number of nitrogens with zero attached hydrogens (tertiary/aromatic N) is 4. The molecule has 1 fully saturated rings. The van der Waals surface area contributed by atoms with Crippen molar-refractivity contribution in [3.05, 3.63) is 40.4 Å². The highest BCUT2D eigenvalue weighted by atomic mass is 16.6. The van der Waals surface area contributed by atoms with Gasteiger partial charge in [0.15, 0.2) is 0 Å². The van der Waals surface area contributed by atoms with Crippen LogP contribution in [0.25, 0.3) is 11.3 Å². The van der Waals surface area contributed by atoms with Crippen molar-refractivity contribution in [2.45, 2.75) is 12.8 Å². The van der Waals surface area contributed by atoms with E-state index in [1.165, 1.54) is 12.1 Å². The summed E-state index contributed by atoms with van der Waals surface area (Å²) < 4.78 is 0. The summed E-state index contributed by atoms with van der Waals surface area (Å²) in [6.45, 7) is 1.90. The quantitative estimate of drug-likeness (QED) is 0.686. The first-order valence-corrected chi connectivity index (χ1v) is 6.78. The van der Waals surface area contributed by atoms with E-state index in [0.29, 0.717) is 11.3 Å². The van der Waals surface area contributed by atoms with Crippen molar-refractivity contribution in [2.75, 3.05) is 23.7 Å². The van der Waals surface area contributed by atoms with Gasteiger partial charge in [-0.3, -0.25) is 10.1 Å². The van der Waals surface area contributed by atoms with Crippen LogP contribution in [-0.4, -0.2) is 28.0 Å². The zero-order valence-corrected chi connectivity index (χ0v) is 11.4. The second kappa shape index (κ2) is 5.35. The summed E-state index contributed by atoms with van der Waals surface area (Å²) in [6, 6.07) is 8.20. The normalized spacial score (nSPS) is 14.4. The lowest BCUT2D eigenvalue weighted by Gasteiger charge is -2.17. The number of nitro benzene ring substituents is 1. The molecule has 0 spiro atoms. The molecule has 0 amide bonds. The van der Waals surface area contributed by atoms with E-state index in [1.54, 1.807) is 12.1 Å². The topological polar surface area (TPSA) is 98.2 Å². The van der Waals surface area contributed by atoms with Gasteiger partial charge in [-0.25, -0.2) is 4.98 Å². The van der Waals surface area contributed by atoms with E-state index in [2.05, 4.69) is 14.9 Å². The fraction of sp³-hybridized carbons (Fsp3) is 0.286. The van der Waals surface area contributed by atoms with Crippen LogP contribution < -0.4 is 10.6 Å². The molecule has 1 aromatic heterocycles. The number of hydrogen-bond acceptors (Lipinski definition) is 6. The number of hydrogen-bond donors (Lipinski definition) is 1. The van der Waals surface area contributed by atoms with Crippen molar-refractivity contribution in [3.63, 3.8) is 0 Å². The lowest BCUT2D eigenvalue weighted by atomic mass is 10.1. The van der Waals surface area contributed by atoms with Crippen LogP contribution in [0.5, 0.6) is 0 Å². The average molecular weight is 285 g/mol. The van der Waals surface area contributed by atoms with E-state index in [0.717, 1.165) is 31.7 Å². The van der Waals surface area contributed by atoms with Gasteiger partial charge in [0, 0.05) is 36.9 Å². The van der Waals surface area contributed by atoms with E-state index < -0.39 is 4.92 Å². The number of benzene rings is 1. The Kier molecular flexibility index (Phi) is 3.39. The Morgan fingerprint density at radius 3 is 2.67 bits per heavy atom. The minimum Gasteiger partial charge on any atom is -0.368 e. The van der Waals surface area contributed by atoms with Gasteiger partial charge in [0.05, 0.1) is 10.6 Å². The van der Waals surface area contributed by atoms with Gasteiger partial charge in [0.2, 0.25) is 5.95 Å². The molecule has 1 aromatic carbocycles. The number of rotatable bonds is 3. The van der Waals surface area contributed by atoms with Crippen molar-refractivity contribution in [1.82, 2.24) is 9.97 Å². The van der Waals surface area contributed by atoms with Gasteiger partial charge in [-0.15, -0.1) is 0 Å². The smallest absolute Gasteiger partial charge is 0.270 e. The van der Waals surface area contributed by atoms with Crippen LogP contribution in [0, 0.1) is 10.1 Å². The second-order valence-electron chi connectivity index (χ2n) is 4.97.